The number of nitrogens with one attached hydrogen (secondary N) is 1. The molecule has 4 rings (SSSR count). The van der Waals surface area contributed by atoms with Crippen molar-refractivity contribution in [3.05, 3.63) is 45.6 Å². The number of carboxylic acid groups (broad SMARTS) is 1. The molecule has 0 aliphatic carbocycles. The summed E-state index contributed by atoms with van der Waals surface area (Å²) in [5, 5.41) is 9.00. The molecule has 0 radical (unpaired) electrons. The second-order valence-electron chi connectivity index (χ2n) is 6.84. The molecule has 8 heteroatoms. The lowest BCUT2D eigenvalue weighted by molar-refractivity contribution is -0.138. The molecule has 1 saturated heterocycles. The molecule has 0 unspecified atom stereocenters. The van der Waals surface area contributed by atoms with Gasteiger partial charge in [-0.2, -0.15) is 0 Å². The molecule has 0 saturated carbocycles. The van der Waals surface area contributed by atoms with Gasteiger partial charge in [0, 0.05) is 24.0 Å². The normalized spacial score (nSPS) is 19.7. The minimum absolute atomic E-state index is 0.410. The predicted molar refractivity (Wildman–Crippen MR) is 102 cm³/mol. The van der Waals surface area contributed by atoms with Crippen LogP contribution in [0.2, 0.25) is 0 Å². The first-order chi connectivity index (χ1) is 12.9. The Hall–Kier alpha value is -2.02. The molecule has 2 aromatic rings. The number of aromatic nitrogens is 1. The molecule has 1 aromatic heterocycles. The summed E-state index contributed by atoms with van der Waals surface area (Å²) in [6.07, 6.45) is 2.06. The van der Waals surface area contributed by atoms with Crippen molar-refractivity contribution in [2.45, 2.75) is 24.9 Å². The first-order valence-corrected chi connectivity index (χ1v) is 9.50. The topological polar surface area (TPSA) is 82.6 Å². The molecule has 1 spiro atoms. The zero-order chi connectivity index (χ0) is 19.2. The van der Waals surface area contributed by atoms with Crippen molar-refractivity contribution in [3.8, 4) is 0 Å². The van der Waals surface area contributed by atoms with Crippen LogP contribution in [-0.4, -0.2) is 46.6 Å². The summed E-state index contributed by atoms with van der Waals surface area (Å²) < 4.78 is 6.20. The lowest BCUT2D eigenvalue weighted by atomic mass is 9.83. The average molecular weight is 409 g/mol. The number of benzene rings is 1. The maximum atomic E-state index is 12.4. The van der Waals surface area contributed by atoms with Crippen molar-refractivity contribution in [2.24, 2.45) is 0 Å². The van der Waals surface area contributed by atoms with Gasteiger partial charge < -0.3 is 19.7 Å². The van der Waals surface area contributed by atoms with Crippen LogP contribution in [0.25, 0.3) is 10.9 Å². The number of carbonyl (C=O) groups excluding carboxylic acids is 1. The van der Waals surface area contributed by atoms with Gasteiger partial charge in [-0.3, -0.25) is 4.79 Å². The molecule has 27 heavy (non-hydrogen) atoms. The number of aliphatic carboxylic acids is 1. The Morgan fingerprint density at radius 2 is 1.85 bits per heavy atom. The Kier molecular flexibility index (Phi) is 4.66. The van der Waals surface area contributed by atoms with Crippen molar-refractivity contribution in [1.29, 1.82) is 0 Å². The SMILES string of the molecule is O=C(O)/C(Cl)=C(\Cl)C(=O)N1CCC2(CC1)OCCc1c2[nH]c2ccccc12. The number of nitrogens with zero attached hydrogens (tertiary/aromatic N) is 1. The fourth-order valence-corrected chi connectivity index (χ4v) is 4.34. The quantitative estimate of drug-likeness (QED) is 0.746. The Labute approximate surface area is 165 Å². The Morgan fingerprint density at radius 3 is 2.56 bits per heavy atom. The maximum Gasteiger partial charge on any atom is 0.349 e. The van der Waals surface area contributed by atoms with E-state index in [9.17, 15) is 9.59 Å². The summed E-state index contributed by atoms with van der Waals surface area (Å²) in [7, 11) is 0. The lowest BCUT2D eigenvalue weighted by Crippen LogP contribution is -2.48. The summed E-state index contributed by atoms with van der Waals surface area (Å²) in [5.74, 6) is -1.98. The highest BCUT2D eigenvalue weighted by Gasteiger charge is 2.43. The third kappa shape index (κ3) is 3.02. The molecule has 0 atom stereocenters. The van der Waals surface area contributed by atoms with Gasteiger partial charge in [0.25, 0.3) is 5.91 Å². The third-order valence-corrected chi connectivity index (χ3v) is 6.22. The molecule has 2 aliphatic rings. The van der Waals surface area contributed by atoms with Crippen LogP contribution in [0.4, 0.5) is 0 Å². The number of aromatic amines is 1. The van der Waals surface area contributed by atoms with Crippen LogP contribution in [0, 0.1) is 0 Å². The monoisotopic (exact) mass is 408 g/mol. The summed E-state index contributed by atoms with van der Waals surface area (Å²) in [5.41, 5.74) is 3.00. The van der Waals surface area contributed by atoms with Gasteiger partial charge in [0.2, 0.25) is 0 Å². The molecule has 2 aliphatic heterocycles. The van der Waals surface area contributed by atoms with Gasteiger partial charge in [0.15, 0.2) is 0 Å². The number of piperidine rings is 1. The molecule has 6 nitrogen and oxygen atoms in total. The number of fused-ring (bicyclic) bond motifs is 4. The molecule has 0 bridgehead atoms. The maximum absolute atomic E-state index is 12.4. The highest BCUT2D eigenvalue weighted by Crippen LogP contribution is 2.43. The van der Waals surface area contributed by atoms with E-state index in [2.05, 4.69) is 17.1 Å². The summed E-state index contributed by atoms with van der Waals surface area (Å²) in [6.45, 7) is 1.45. The fraction of sp³-hybridized carbons (Fsp3) is 0.368. The average Bonchev–Trinajstić information content (AvgIpc) is 3.07. The summed E-state index contributed by atoms with van der Waals surface area (Å²) in [6, 6.07) is 8.19. The van der Waals surface area contributed by atoms with Crippen molar-refractivity contribution < 1.29 is 19.4 Å². The van der Waals surface area contributed by atoms with Gasteiger partial charge in [-0.25, -0.2) is 4.79 Å². The van der Waals surface area contributed by atoms with E-state index in [0.29, 0.717) is 32.5 Å². The fourth-order valence-electron chi connectivity index (χ4n) is 4.06. The number of para-hydroxylation sites is 1. The number of H-pyrrole nitrogens is 1. The van der Waals surface area contributed by atoms with Gasteiger partial charge in [0.05, 0.1) is 12.3 Å². The van der Waals surface area contributed by atoms with Gasteiger partial charge in [-0.1, -0.05) is 41.4 Å². The van der Waals surface area contributed by atoms with E-state index >= 15 is 0 Å². The molecule has 2 N–H and O–H groups in total. The first-order valence-electron chi connectivity index (χ1n) is 8.75. The number of amides is 1. The van der Waals surface area contributed by atoms with Crippen molar-refractivity contribution in [2.75, 3.05) is 19.7 Å². The van der Waals surface area contributed by atoms with E-state index in [1.165, 1.54) is 15.8 Å². The Balaban J connectivity index is 1.59. The Bertz CT molecular complexity index is 958. The van der Waals surface area contributed by atoms with Crippen LogP contribution in [0.3, 0.4) is 0 Å². The van der Waals surface area contributed by atoms with Crippen LogP contribution in [0.1, 0.15) is 24.1 Å². The minimum atomic E-state index is -1.41. The Morgan fingerprint density at radius 1 is 1.15 bits per heavy atom. The highest BCUT2D eigenvalue weighted by atomic mass is 35.5. The number of ether oxygens (including phenoxy) is 1. The van der Waals surface area contributed by atoms with Crippen LogP contribution in [0.5, 0.6) is 0 Å². The second kappa shape index (κ2) is 6.86. The first kappa shape index (κ1) is 18.3. The molecular weight excluding hydrogens is 391 g/mol. The largest absolute Gasteiger partial charge is 0.477 e. The van der Waals surface area contributed by atoms with Gasteiger partial charge in [-0.15, -0.1) is 0 Å². The van der Waals surface area contributed by atoms with Crippen LogP contribution in [-0.2, 0) is 26.3 Å². The van der Waals surface area contributed by atoms with Crippen LogP contribution >= 0.6 is 23.2 Å². The van der Waals surface area contributed by atoms with E-state index in [0.717, 1.165) is 17.6 Å². The summed E-state index contributed by atoms with van der Waals surface area (Å²) in [4.78, 5) is 28.4. The highest BCUT2D eigenvalue weighted by molar-refractivity contribution is 6.53. The molecular formula is C19H18Cl2N2O4. The molecule has 1 aromatic carbocycles. The molecule has 1 amide bonds. The van der Waals surface area contributed by atoms with E-state index < -0.39 is 27.5 Å². The number of rotatable bonds is 2. The van der Waals surface area contributed by atoms with Crippen molar-refractivity contribution in [3.63, 3.8) is 0 Å². The predicted octanol–water partition coefficient (Wildman–Crippen LogP) is 3.33. The van der Waals surface area contributed by atoms with Gasteiger partial charge in [-0.05, 0) is 30.9 Å². The smallest absolute Gasteiger partial charge is 0.349 e. The van der Waals surface area contributed by atoms with E-state index in [-0.39, 0.29) is 0 Å². The number of likely N-dealkylation sites (tertiary alicyclic amines) is 1. The number of halogens is 2. The zero-order valence-electron chi connectivity index (χ0n) is 14.4. The van der Waals surface area contributed by atoms with E-state index in [1.807, 2.05) is 12.1 Å². The van der Waals surface area contributed by atoms with Crippen LogP contribution in [0.15, 0.2) is 34.3 Å². The molecule has 3 heterocycles. The van der Waals surface area contributed by atoms with Crippen molar-refractivity contribution in [1.82, 2.24) is 9.88 Å². The van der Waals surface area contributed by atoms with Crippen molar-refractivity contribution >= 4 is 46.0 Å². The van der Waals surface area contributed by atoms with Gasteiger partial charge >= 0.3 is 5.97 Å². The standard InChI is InChI=1S/C19H18Cl2N2O4/c20-14(15(21)18(25)26)17(24)23-8-6-19(7-9-23)16-12(5-10-27-19)11-3-1-2-4-13(11)22-16/h1-4,22H,5-10H2,(H,25,26)/b15-14+. The van der Waals surface area contributed by atoms with E-state index in [4.69, 9.17) is 33.0 Å². The number of carbonyl (C=O) groups is 2. The minimum Gasteiger partial charge on any atom is -0.477 e. The third-order valence-electron chi connectivity index (χ3n) is 5.43. The van der Waals surface area contributed by atoms with Gasteiger partial charge in [0.1, 0.15) is 15.7 Å². The zero-order valence-corrected chi connectivity index (χ0v) is 15.9. The van der Waals surface area contributed by atoms with E-state index in [1.54, 1.807) is 0 Å². The molecule has 142 valence electrons. The second-order valence-corrected chi connectivity index (χ2v) is 7.60. The molecule has 1 fully saturated rings. The number of carboxylic acids is 1. The number of hydrogen-bond donors (Lipinski definition) is 2. The summed E-state index contributed by atoms with van der Waals surface area (Å²) >= 11 is 11.5. The number of hydrogen-bond acceptors (Lipinski definition) is 3. The lowest BCUT2D eigenvalue weighted by Gasteiger charge is -2.43. The van der Waals surface area contributed by atoms with Crippen LogP contribution < -0.4 is 0 Å².